The predicted octanol–water partition coefficient (Wildman–Crippen LogP) is 14.9. The molecule has 530 valence electrons. The predicted molar refractivity (Wildman–Crippen MR) is 411 cm³/mol. The fourth-order valence-electron chi connectivity index (χ4n) is 14.0. The summed E-state index contributed by atoms with van der Waals surface area (Å²) in [5.41, 5.74) is 9.53. The number of unbranched alkanes of at least 4 members (excludes halogenated alkanes) is 2. The van der Waals surface area contributed by atoms with Crippen molar-refractivity contribution >= 4 is 72.5 Å². The van der Waals surface area contributed by atoms with Gasteiger partial charge in [-0.2, -0.15) is 0 Å². The summed E-state index contributed by atoms with van der Waals surface area (Å²) < 4.78 is 29.9. The zero-order chi connectivity index (χ0) is 71.4. The van der Waals surface area contributed by atoms with Crippen molar-refractivity contribution in [3.05, 3.63) is 241 Å². The van der Waals surface area contributed by atoms with Crippen LogP contribution in [0, 0.1) is 0 Å². The number of nitrogens with zero attached hydrogens (tertiary/aromatic N) is 2. The van der Waals surface area contributed by atoms with Gasteiger partial charge in [0, 0.05) is 51.1 Å². The number of halogens is 1. The first kappa shape index (κ1) is 78.2. The molecule has 1 heterocycles. The van der Waals surface area contributed by atoms with Crippen LogP contribution >= 0.6 is 11.6 Å². The molecule has 3 aliphatic rings. The van der Waals surface area contributed by atoms with Gasteiger partial charge in [-0.05, 0) is 127 Å². The summed E-state index contributed by atoms with van der Waals surface area (Å²) >= 11 is 6.02. The second kappa shape index (κ2) is 39.1. The minimum atomic E-state index is -2.60. The first-order valence-corrected chi connectivity index (χ1v) is 40.2. The molecule has 0 spiro atoms. The van der Waals surface area contributed by atoms with Crippen LogP contribution in [0.2, 0.25) is 10.1 Å². The number of carbonyl (C=O) groups excluding carboxylic acids is 4. The van der Waals surface area contributed by atoms with Gasteiger partial charge in [-0.3, -0.25) is 24.2 Å². The van der Waals surface area contributed by atoms with Gasteiger partial charge in [-0.15, -0.1) is 11.6 Å². The summed E-state index contributed by atoms with van der Waals surface area (Å²) in [5.74, 6) is -0.450. The van der Waals surface area contributed by atoms with Crippen LogP contribution in [-0.4, -0.2) is 140 Å². The van der Waals surface area contributed by atoms with Gasteiger partial charge >= 0.3 is 11.9 Å². The molecule has 0 radical (unpaired) electrons. The lowest BCUT2D eigenvalue weighted by Gasteiger charge is -2.43. The average Bonchev–Trinajstić information content (AvgIpc) is 1.09. The van der Waals surface area contributed by atoms with Crippen molar-refractivity contribution in [1.82, 2.24) is 9.80 Å². The Hall–Kier alpha value is -7.48. The quantitative estimate of drug-likeness (QED) is 0.0151. The molecule has 0 atom stereocenters. The van der Waals surface area contributed by atoms with Crippen molar-refractivity contribution < 1.29 is 47.3 Å². The number of rotatable bonds is 30. The van der Waals surface area contributed by atoms with Crippen molar-refractivity contribution in [2.45, 2.75) is 129 Å². The van der Waals surface area contributed by atoms with E-state index in [0.29, 0.717) is 45.1 Å². The molecule has 1 fully saturated rings. The van der Waals surface area contributed by atoms with Gasteiger partial charge < -0.3 is 28.2 Å². The van der Waals surface area contributed by atoms with E-state index in [4.69, 9.17) is 39.8 Å². The van der Waals surface area contributed by atoms with E-state index in [1.165, 1.54) is 78.1 Å². The highest BCUT2D eigenvalue weighted by molar-refractivity contribution is 7.00. The maximum atomic E-state index is 13.2. The Morgan fingerprint density at radius 1 is 0.440 bits per heavy atom. The Balaban J connectivity index is 0.000000200. The Bertz CT molecular complexity index is 3630. The summed E-state index contributed by atoms with van der Waals surface area (Å²) in [4.78, 5) is 52.4. The van der Waals surface area contributed by atoms with E-state index >= 15 is 0 Å². The summed E-state index contributed by atoms with van der Waals surface area (Å²) in [6, 6.07) is 76.1. The monoisotopic (exact) mass is 1400 g/mol. The van der Waals surface area contributed by atoms with Crippen molar-refractivity contribution in [2.24, 2.45) is 0 Å². The number of hydrogen-bond donors (Lipinski definition) is 1. The van der Waals surface area contributed by atoms with Gasteiger partial charge in [0.15, 0.2) is 0 Å². The third-order valence-corrected chi connectivity index (χ3v) is 29.4. The number of esters is 2. The molecule has 1 aliphatic heterocycles. The minimum Gasteiger partial charge on any atom is -0.464 e. The van der Waals surface area contributed by atoms with Crippen LogP contribution in [0.3, 0.4) is 0 Å². The van der Waals surface area contributed by atoms with Gasteiger partial charge in [-0.1, -0.05) is 274 Å². The molecule has 8 aromatic carbocycles. The number of alkyl halides is 1. The second-order valence-electron chi connectivity index (χ2n) is 27.9. The van der Waals surface area contributed by atoms with Crippen molar-refractivity contribution in [1.29, 1.82) is 0 Å². The lowest BCUT2D eigenvalue weighted by atomic mass is 9.98. The Kier molecular flexibility index (Phi) is 30.6. The number of ketones is 2. The van der Waals surface area contributed by atoms with Crippen LogP contribution in [0.5, 0.6) is 0 Å². The summed E-state index contributed by atoms with van der Waals surface area (Å²) in [6.45, 7) is 23.0. The second-order valence-corrected chi connectivity index (χ2v) is 36.8. The maximum absolute atomic E-state index is 13.2. The lowest BCUT2D eigenvalue weighted by Crippen LogP contribution is -2.66. The topological polar surface area (TPSA) is 141 Å². The molecule has 11 rings (SSSR count). The number of hydrogen-bond acceptors (Lipinski definition) is 12. The van der Waals surface area contributed by atoms with E-state index in [-0.39, 0.29) is 65.8 Å². The van der Waals surface area contributed by atoms with E-state index < -0.39 is 29.2 Å². The van der Waals surface area contributed by atoms with Crippen LogP contribution in [0.4, 0.5) is 0 Å². The van der Waals surface area contributed by atoms with Gasteiger partial charge in [0.25, 0.3) is 16.6 Å². The van der Waals surface area contributed by atoms with E-state index in [9.17, 15) is 19.2 Å². The molecule has 0 saturated carbocycles. The molecule has 12 nitrogen and oxygen atoms in total. The molecule has 2 aliphatic carbocycles. The fourth-order valence-corrected chi connectivity index (χ4v) is 23.4. The fraction of sp³-hybridized carbons (Fsp3) is 0.388. The zero-order valence-electron chi connectivity index (χ0n) is 60.2. The summed E-state index contributed by atoms with van der Waals surface area (Å²) in [7, 11) is -5.06. The van der Waals surface area contributed by atoms with Crippen LogP contribution in [0.1, 0.15) is 141 Å². The van der Waals surface area contributed by atoms with Crippen LogP contribution in [-0.2, 0) is 42.2 Å². The van der Waals surface area contributed by atoms with Crippen LogP contribution < -0.4 is 20.7 Å². The number of aliphatic hydroxyl groups excluding tert-OH is 1. The Morgan fingerprint density at radius 3 is 1.05 bits per heavy atom. The molecule has 100 heavy (non-hydrogen) atoms. The number of carbonyl (C=O) groups is 4. The molecule has 1 N–H and O–H groups in total. The molecule has 1 saturated heterocycles. The van der Waals surface area contributed by atoms with Crippen molar-refractivity contribution in [3.63, 3.8) is 0 Å². The number of Topliss-reactive ketones (excluding diaryl/α,β-unsaturated/α-hetero) is 2. The molecular formula is C85H105ClN2O10Si2. The molecule has 0 unspecified atom stereocenters. The highest BCUT2D eigenvalue weighted by Crippen LogP contribution is 2.46. The van der Waals surface area contributed by atoms with E-state index in [1.54, 1.807) is 0 Å². The molecule has 0 aromatic heterocycles. The Labute approximate surface area is 602 Å². The van der Waals surface area contributed by atoms with Gasteiger partial charge in [0.05, 0.1) is 25.6 Å². The highest BCUT2D eigenvalue weighted by atomic mass is 35.5. The zero-order valence-corrected chi connectivity index (χ0v) is 62.9. The van der Waals surface area contributed by atoms with Gasteiger partial charge in [-0.25, -0.2) is 4.79 Å². The maximum Gasteiger partial charge on any atom is 0.331 e. The summed E-state index contributed by atoms with van der Waals surface area (Å²) in [5, 5.41) is 13.8. The molecular weight excluding hydrogens is 1300 g/mol. The highest BCUT2D eigenvalue weighted by Gasteiger charge is 2.51. The molecule has 8 aromatic rings. The third-order valence-electron chi connectivity index (χ3n) is 19.0. The largest absolute Gasteiger partial charge is 0.464 e. The first-order valence-electron chi connectivity index (χ1n) is 35.8. The third kappa shape index (κ3) is 20.6. The smallest absolute Gasteiger partial charge is 0.331 e. The lowest BCUT2D eigenvalue weighted by molar-refractivity contribution is -0.147. The number of ether oxygens (including phenoxy) is 3. The molecule has 15 heteroatoms. The number of fused-ring (bicyclic) bond motifs is 6. The molecule has 0 bridgehead atoms. The van der Waals surface area contributed by atoms with E-state index in [0.717, 1.165) is 45.4 Å². The minimum absolute atomic E-state index is 0.00851. The van der Waals surface area contributed by atoms with E-state index in [1.807, 2.05) is 72.2 Å². The van der Waals surface area contributed by atoms with Crippen molar-refractivity contribution in [2.75, 3.05) is 85.0 Å². The van der Waals surface area contributed by atoms with Gasteiger partial charge in [0.2, 0.25) is 0 Å². The first-order chi connectivity index (χ1) is 48.4. The molecule has 0 amide bonds. The van der Waals surface area contributed by atoms with Gasteiger partial charge in [0.1, 0.15) is 31.4 Å². The Morgan fingerprint density at radius 2 is 0.750 bits per heavy atom. The SMILES string of the molecule is C1CCOC1.CCC(=O)CN(CCCCO[Si](c1ccccc1)(c1ccccc1)C(C)(C)C)CC(=O)OCC1c2ccccc2-c2ccccc21.CCC(=O)CN(CCl)CCCCO[Si](c1ccccc1)(c1ccccc1)C(C)(C)C.O=C(CO)OCC1c2ccccc2-c2ccccc21. The number of aliphatic hydroxyl groups is 1. The van der Waals surface area contributed by atoms with E-state index in [2.05, 4.69) is 211 Å². The van der Waals surface area contributed by atoms with Crippen molar-refractivity contribution in [3.8, 4) is 22.3 Å². The van der Waals surface area contributed by atoms with Crippen LogP contribution in [0.15, 0.2) is 218 Å². The van der Waals surface area contributed by atoms with Crippen LogP contribution in [0.25, 0.3) is 22.3 Å². The summed E-state index contributed by atoms with van der Waals surface area (Å²) in [6.07, 6.45) is 7.10. The standard InChI is InChI=1S/C40H47NO4Si.C25H36ClNO2Si.C16H14O3.C4H8O/c1-5-31(42)28-41(29-39(43)44-30-38-36-24-14-12-22-34(36)35-23-13-15-25-37(35)38)26-16-17-27-45-46(40(2,3)4,32-18-8-6-9-19-32)33-20-10-7-11-21-33;1-5-22(28)20-27(21-26)18-12-13-19-29-30(25(2,3)4,23-14-8-6-9-15-23)24-16-10-7-11-17-24;17-9-16(18)19-10-15-13-7-3-1-5-11(13)12-6-2-4-8-14(12)15;1-2-4-5-3-1/h6-15,18-25,38H,5,16-17,26-30H2,1-4H3;6-11,14-17H,5,12-13,18-21H2,1-4H3;1-8,15,17H,9-10H2;1-4H2. The normalized spacial score (nSPS) is 13.3. The number of benzene rings is 8. The average molecular weight is 1410 g/mol.